The Balaban J connectivity index is 2.17. The number of hydrogen-bond acceptors (Lipinski definition) is 4. The average Bonchev–Trinajstić information content (AvgIpc) is 2.84. The summed E-state index contributed by atoms with van der Waals surface area (Å²) in [6.07, 6.45) is 0.995. The van der Waals surface area contributed by atoms with Gasteiger partial charge in [0.1, 0.15) is 0 Å². The van der Waals surface area contributed by atoms with Crippen LogP contribution in [0.3, 0.4) is 0 Å². The minimum atomic E-state index is -3.62. The molecule has 0 aromatic heterocycles. The number of aliphatic hydroxyl groups excluding tert-OH is 1. The first-order valence-electron chi connectivity index (χ1n) is 6.91. The summed E-state index contributed by atoms with van der Waals surface area (Å²) in [5.74, 6) is 0.335. The fourth-order valence-electron chi connectivity index (χ4n) is 2.65. The predicted octanol–water partition coefficient (Wildman–Crippen LogP) is 1.37. The summed E-state index contributed by atoms with van der Waals surface area (Å²) in [4.78, 5) is 2.33. The van der Waals surface area contributed by atoms with Crippen molar-refractivity contribution in [3.63, 3.8) is 0 Å². The normalized spacial score (nSPS) is 20.1. The molecule has 2 N–H and O–H groups in total. The van der Waals surface area contributed by atoms with Crippen molar-refractivity contribution in [1.82, 2.24) is 9.62 Å². The van der Waals surface area contributed by atoms with E-state index in [1.165, 1.54) is 6.07 Å². The van der Waals surface area contributed by atoms with Crippen LogP contribution in [0, 0.1) is 12.8 Å². The Kier molecular flexibility index (Phi) is 5.27. The summed E-state index contributed by atoms with van der Waals surface area (Å²) in [5.41, 5.74) is 1.07. The van der Waals surface area contributed by atoms with Crippen molar-refractivity contribution in [2.45, 2.75) is 24.8 Å². The Morgan fingerprint density at radius 1 is 1.48 bits per heavy atom. The van der Waals surface area contributed by atoms with Crippen LogP contribution in [0.2, 0.25) is 5.02 Å². The Bertz CT molecular complexity index is 619. The molecule has 0 radical (unpaired) electrons. The van der Waals surface area contributed by atoms with Gasteiger partial charge in [0.25, 0.3) is 0 Å². The Morgan fingerprint density at radius 2 is 2.19 bits per heavy atom. The van der Waals surface area contributed by atoms with Crippen LogP contribution in [0.1, 0.15) is 17.5 Å². The molecule has 0 saturated carbocycles. The smallest absolute Gasteiger partial charge is 0.240 e. The summed E-state index contributed by atoms with van der Waals surface area (Å²) in [7, 11) is -1.58. The lowest BCUT2D eigenvalue weighted by molar-refractivity contribution is 0.280. The van der Waals surface area contributed by atoms with Crippen LogP contribution < -0.4 is 4.72 Å². The van der Waals surface area contributed by atoms with Gasteiger partial charge in [-0.15, -0.1) is 0 Å². The van der Waals surface area contributed by atoms with Crippen LogP contribution in [-0.4, -0.2) is 45.1 Å². The van der Waals surface area contributed by atoms with Crippen LogP contribution in [0.25, 0.3) is 0 Å². The van der Waals surface area contributed by atoms with E-state index >= 15 is 0 Å². The fourth-order valence-corrected chi connectivity index (χ4v) is 4.38. The number of rotatable bonds is 5. The number of aliphatic hydroxyl groups is 1. The van der Waals surface area contributed by atoms with Crippen LogP contribution in [0.4, 0.5) is 0 Å². The maximum Gasteiger partial charge on any atom is 0.240 e. The number of hydrogen-bond donors (Lipinski definition) is 2. The molecule has 1 unspecified atom stereocenters. The molecule has 1 aliphatic heterocycles. The van der Waals surface area contributed by atoms with Gasteiger partial charge in [-0.25, -0.2) is 13.1 Å². The van der Waals surface area contributed by atoms with Gasteiger partial charge in [0, 0.05) is 18.1 Å². The van der Waals surface area contributed by atoms with E-state index in [0.717, 1.165) is 19.5 Å². The first-order valence-corrected chi connectivity index (χ1v) is 8.77. The predicted molar refractivity (Wildman–Crippen MR) is 82.9 cm³/mol. The summed E-state index contributed by atoms with van der Waals surface area (Å²) in [5, 5.41) is 9.60. The molecule has 1 heterocycles. The van der Waals surface area contributed by atoms with Gasteiger partial charge >= 0.3 is 0 Å². The quantitative estimate of drug-likeness (QED) is 0.854. The maximum atomic E-state index is 12.4. The Hall–Kier alpha value is -0.660. The molecule has 0 aliphatic carbocycles. The zero-order valence-corrected chi connectivity index (χ0v) is 13.8. The van der Waals surface area contributed by atoms with Crippen molar-refractivity contribution in [3.05, 3.63) is 28.3 Å². The van der Waals surface area contributed by atoms with Gasteiger partial charge in [0.15, 0.2) is 0 Å². The highest BCUT2D eigenvalue weighted by Gasteiger charge is 2.24. The highest BCUT2D eigenvalue weighted by atomic mass is 35.5. The van der Waals surface area contributed by atoms with Crippen molar-refractivity contribution >= 4 is 21.6 Å². The molecule has 1 saturated heterocycles. The van der Waals surface area contributed by atoms with Gasteiger partial charge in [-0.05, 0) is 56.1 Å². The molecule has 0 spiro atoms. The summed E-state index contributed by atoms with van der Waals surface area (Å²) >= 11 is 5.94. The van der Waals surface area contributed by atoms with E-state index in [4.69, 9.17) is 11.6 Å². The van der Waals surface area contributed by atoms with Crippen molar-refractivity contribution in [3.8, 4) is 0 Å². The van der Waals surface area contributed by atoms with Gasteiger partial charge in [-0.1, -0.05) is 11.6 Å². The van der Waals surface area contributed by atoms with Crippen molar-refractivity contribution in [2.75, 3.05) is 26.7 Å². The van der Waals surface area contributed by atoms with E-state index < -0.39 is 10.0 Å². The van der Waals surface area contributed by atoms with Gasteiger partial charge in [0.05, 0.1) is 11.5 Å². The Morgan fingerprint density at radius 3 is 2.76 bits per heavy atom. The zero-order chi connectivity index (χ0) is 15.6. The SMILES string of the molecule is Cc1c(CO)cc(Cl)cc1S(=O)(=O)NCC1CCN(C)C1. The van der Waals surface area contributed by atoms with Crippen LogP contribution in [0.5, 0.6) is 0 Å². The molecule has 1 aliphatic rings. The fraction of sp³-hybridized carbons (Fsp3) is 0.571. The lowest BCUT2D eigenvalue weighted by Gasteiger charge is -2.15. The molecule has 0 amide bonds. The largest absolute Gasteiger partial charge is 0.392 e. The lowest BCUT2D eigenvalue weighted by atomic mass is 10.1. The topological polar surface area (TPSA) is 69.6 Å². The molecule has 1 fully saturated rings. The van der Waals surface area contributed by atoms with Gasteiger partial charge in [0.2, 0.25) is 10.0 Å². The standard InChI is InChI=1S/C14H21ClN2O3S/c1-10-12(9-18)5-13(15)6-14(10)21(19,20)16-7-11-3-4-17(2)8-11/h5-6,11,16,18H,3-4,7-9H2,1-2H3. The molecular formula is C14H21ClN2O3S. The van der Waals surface area contributed by atoms with Crippen LogP contribution in [-0.2, 0) is 16.6 Å². The first-order chi connectivity index (χ1) is 9.83. The molecule has 21 heavy (non-hydrogen) atoms. The first kappa shape index (κ1) is 16.7. The molecular weight excluding hydrogens is 312 g/mol. The van der Waals surface area contributed by atoms with Crippen molar-refractivity contribution < 1.29 is 13.5 Å². The third-order valence-electron chi connectivity index (χ3n) is 3.94. The monoisotopic (exact) mass is 332 g/mol. The minimum absolute atomic E-state index is 0.144. The van der Waals surface area contributed by atoms with E-state index in [1.807, 2.05) is 7.05 Å². The number of nitrogens with one attached hydrogen (secondary N) is 1. The molecule has 0 bridgehead atoms. The van der Waals surface area contributed by atoms with Gasteiger partial charge in [-0.2, -0.15) is 0 Å². The molecule has 2 rings (SSSR count). The zero-order valence-electron chi connectivity index (χ0n) is 12.3. The Labute approximate surface area is 131 Å². The number of nitrogens with zero attached hydrogens (tertiary/aromatic N) is 1. The second-order valence-electron chi connectivity index (χ2n) is 5.62. The minimum Gasteiger partial charge on any atom is -0.392 e. The van der Waals surface area contributed by atoms with Gasteiger partial charge in [-0.3, -0.25) is 0 Å². The molecule has 118 valence electrons. The third kappa shape index (κ3) is 3.96. The van der Waals surface area contributed by atoms with E-state index in [0.29, 0.717) is 28.6 Å². The third-order valence-corrected chi connectivity index (χ3v) is 5.71. The molecule has 1 aromatic carbocycles. The van der Waals surface area contributed by atoms with Crippen LogP contribution >= 0.6 is 11.6 Å². The van der Waals surface area contributed by atoms with E-state index in [2.05, 4.69) is 9.62 Å². The molecule has 5 nitrogen and oxygen atoms in total. The van der Waals surface area contributed by atoms with E-state index in [-0.39, 0.29) is 11.5 Å². The number of likely N-dealkylation sites (tertiary alicyclic amines) is 1. The number of halogens is 1. The summed E-state index contributed by atoms with van der Waals surface area (Å²) < 4.78 is 27.6. The highest BCUT2D eigenvalue weighted by molar-refractivity contribution is 7.89. The van der Waals surface area contributed by atoms with Crippen molar-refractivity contribution in [2.24, 2.45) is 5.92 Å². The summed E-state index contributed by atoms with van der Waals surface area (Å²) in [6, 6.07) is 3.01. The number of benzene rings is 1. The lowest BCUT2D eigenvalue weighted by Crippen LogP contribution is -2.31. The van der Waals surface area contributed by atoms with E-state index in [1.54, 1.807) is 13.0 Å². The van der Waals surface area contributed by atoms with Crippen LogP contribution in [0.15, 0.2) is 17.0 Å². The molecule has 1 aromatic rings. The molecule has 1 atom stereocenters. The average molecular weight is 333 g/mol. The number of sulfonamides is 1. The maximum absolute atomic E-state index is 12.4. The van der Waals surface area contributed by atoms with E-state index in [9.17, 15) is 13.5 Å². The van der Waals surface area contributed by atoms with Crippen molar-refractivity contribution in [1.29, 1.82) is 0 Å². The second kappa shape index (κ2) is 6.62. The highest BCUT2D eigenvalue weighted by Crippen LogP contribution is 2.25. The van der Waals surface area contributed by atoms with Gasteiger partial charge < -0.3 is 10.0 Å². The summed E-state index contributed by atoms with van der Waals surface area (Å²) in [6.45, 7) is 3.77. The molecule has 7 heteroatoms. The second-order valence-corrected chi connectivity index (χ2v) is 7.79.